The first-order valence-corrected chi connectivity index (χ1v) is 12.6. The average Bonchev–Trinajstić information content (AvgIpc) is 3.52. The molecule has 0 unspecified atom stereocenters. The number of hydrogen-bond donors (Lipinski definition) is 0. The summed E-state index contributed by atoms with van der Waals surface area (Å²) in [5.74, 6) is 2.21. The van der Waals surface area contributed by atoms with Crippen LogP contribution in [0.25, 0.3) is 10.2 Å². The average molecular weight is 494 g/mol. The van der Waals surface area contributed by atoms with E-state index in [-0.39, 0.29) is 11.6 Å². The fourth-order valence-corrected chi connectivity index (χ4v) is 5.57. The first-order valence-electron chi connectivity index (χ1n) is 11.7. The highest BCUT2D eigenvalue weighted by Gasteiger charge is 2.34. The van der Waals surface area contributed by atoms with Crippen LogP contribution >= 0.6 is 11.3 Å². The molecular weight excluding hydrogens is 462 g/mol. The third kappa shape index (κ3) is 4.55. The third-order valence-corrected chi connectivity index (χ3v) is 7.43. The Balaban J connectivity index is 1.47. The molecule has 2 aromatic heterocycles. The van der Waals surface area contributed by atoms with Gasteiger partial charge in [0, 0.05) is 26.2 Å². The molecule has 10 heteroatoms. The van der Waals surface area contributed by atoms with Gasteiger partial charge < -0.3 is 14.4 Å². The van der Waals surface area contributed by atoms with Crippen LogP contribution in [-0.2, 0) is 5.54 Å². The number of fused-ring (bicyclic) bond motifs is 1. The maximum absolute atomic E-state index is 5.62. The number of tetrazole rings is 1. The van der Waals surface area contributed by atoms with E-state index < -0.39 is 0 Å². The molecule has 0 amide bonds. The van der Waals surface area contributed by atoms with Gasteiger partial charge in [-0.05, 0) is 61.0 Å². The third-order valence-electron chi connectivity index (χ3n) is 6.33. The molecule has 0 bridgehead atoms. The lowest BCUT2D eigenvalue weighted by molar-refractivity contribution is 0.191. The van der Waals surface area contributed by atoms with Crippen LogP contribution in [0.2, 0.25) is 0 Å². The van der Waals surface area contributed by atoms with Crippen molar-refractivity contribution in [1.29, 1.82) is 0 Å². The number of nitrogens with zero attached hydrogens (tertiary/aromatic N) is 7. The number of para-hydroxylation sites is 1. The van der Waals surface area contributed by atoms with Gasteiger partial charge in [-0.2, -0.15) is 0 Å². The summed E-state index contributed by atoms with van der Waals surface area (Å²) in [5, 5.41) is 14.0. The quantitative estimate of drug-likeness (QED) is 0.399. The number of ether oxygens (including phenoxy) is 2. The predicted octanol–water partition coefficient (Wildman–Crippen LogP) is 3.97. The minimum absolute atomic E-state index is 0.124. The molecule has 184 valence electrons. The first kappa shape index (κ1) is 23.5. The van der Waals surface area contributed by atoms with E-state index >= 15 is 0 Å². The number of benzene rings is 2. The summed E-state index contributed by atoms with van der Waals surface area (Å²) in [6.45, 7) is 9.80. The summed E-state index contributed by atoms with van der Waals surface area (Å²) in [6.07, 6.45) is 0. The molecular formula is C25H31N7O2S. The smallest absolute Gasteiger partial charge is 0.186 e. The van der Waals surface area contributed by atoms with Gasteiger partial charge in [0.25, 0.3) is 0 Å². The molecule has 1 atom stereocenters. The van der Waals surface area contributed by atoms with E-state index in [0.29, 0.717) is 11.5 Å². The van der Waals surface area contributed by atoms with Crippen LogP contribution in [0.15, 0.2) is 42.5 Å². The highest BCUT2D eigenvalue weighted by atomic mass is 32.1. The Morgan fingerprint density at radius 1 is 0.943 bits per heavy atom. The first-order chi connectivity index (χ1) is 16.9. The standard InChI is InChI=1S/C25H31N7O2S/c1-25(2,3)32-23(27-28-29-32)22(17-10-11-19(33-4)20(16-17)34-5)30-12-14-31(15-13-30)24-26-18-8-6-7-9-21(18)35-24/h6-11,16,22H,12-15H2,1-5H3/t22-/m0/s1. The van der Waals surface area contributed by atoms with Crippen molar-refractivity contribution >= 4 is 26.7 Å². The minimum atomic E-state index is -0.254. The van der Waals surface area contributed by atoms with Crippen LogP contribution in [0, 0.1) is 0 Å². The molecule has 0 saturated carbocycles. The molecule has 0 N–H and O–H groups in total. The Morgan fingerprint density at radius 3 is 2.37 bits per heavy atom. The Labute approximate surface area is 209 Å². The summed E-state index contributed by atoms with van der Waals surface area (Å²) in [7, 11) is 3.31. The number of rotatable bonds is 6. The second-order valence-corrected chi connectivity index (χ2v) is 10.6. The largest absolute Gasteiger partial charge is 0.493 e. The van der Waals surface area contributed by atoms with Crippen LogP contribution in [0.1, 0.15) is 38.2 Å². The van der Waals surface area contributed by atoms with Crippen molar-refractivity contribution in [1.82, 2.24) is 30.1 Å². The monoisotopic (exact) mass is 493 g/mol. The van der Waals surface area contributed by atoms with Gasteiger partial charge in [0.15, 0.2) is 22.5 Å². The Morgan fingerprint density at radius 2 is 1.69 bits per heavy atom. The summed E-state index contributed by atoms with van der Waals surface area (Å²) in [4.78, 5) is 9.68. The molecule has 0 aliphatic carbocycles. The zero-order valence-electron chi connectivity index (χ0n) is 20.8. The molecule has 1 aliphatic rings. The number of anilines is 1. The van der Waals surface area contributed by atoms with Crippen LogP contribution in [0.4, 0.5) is 5.13 Å². The van der Waals surface area contributed by atoms with Gasteiger partial charge in [0.05, 0.1) is 36.0 Å². The van der Waals surface area contributed by atoms with Crippen molar-refractivity contribution in [3.05, 3.63) is 53.9 Å². The molecule has 1 saturated heterocycles. The molecule has 35 heavy (non-hydrogen) atoms. The maximum atomic E-state index is 5.62. The predicted molar refractivity (Wildman–Crippen MR) is 138 cm³/mol. The number of hydrogen-bond acceptors (Lipinski definition) is 9. The highest BCUT2D eigenvalue weighted by molar-refractivity contribution is 7.22. The van der Waals surface area contributed by atoms with Gasteiger partial charge in [0.1, 0.15) is 0 Å². The van der Waals surface area contributed by atoms with E-state index in [1.807, 2.05) is 22.9 Å². The molecule has 5 rings (SSSR count). The van der Waals surface area contributed by atoms with E-state index in [1.165, 1.54) is 4.70 Å². The van der Waals surface area contributed by atoms with Crippen LogP contribution < -0.4 is 14.4 Å². The van der Waals surface area contributed by atoms with E-state index in [0.717, 1.165) is 48.2 Å². The molecule has 2 aromatic carbocycles. The van der Waals surface area contributed by atoms with Gasteiger partial charge in [-0.15, -0.1) is 5.10 Å². The van der Waals surface area contributed by atoms with Crippen LogP contribution in [0.5, 0.6) is 11.5 Å². The van der Waals surface area contributed by atoms with Crippen LogP contribution in [0.3, 0.4) is 0 Å². The summed E-state index contributed by atoms with van der Waals surface area (Å²) < 4.78 is 14.2. The fourth-order valence-electron chi connectivity index (χ4n) is 4.56. The van der Waals surface area contributed by atoms with Crippen molar-refractivity contribution in [2.24, 2.45) is 0 Å². The van der Waals surface area contributed by atoms with Gasteiger partial charge in [0.2, 0.25) is 0 Å². The van der Waals surface area contributed by atoms with Gasteiger partial charge in [-0.25, -0.2) is 9.67 Å². The summed E-state index contributed by atoms with van der Waals surface area (Å²) >= 11 is 1.75. The SMILES string of the molecule is COc1ccc([C@@H](c2nnnn2C(C)(C)C)N2CCN(c3nc4ccccc4s3)CC2)cc1OC. The van der Waals surface area contributed by atoms with E-state index in [1.54, 1.807) is 25.6 Å². The van der Waals surface area contributed by atoms with E-state index in [4.69, 9.17) is 14.5 Å². The Hall–Kier alpha value is -3.24. The number of methoxy groups -OCH3 is 2. The maximum Gasteiger partial charge on any atom is 0.186 e. The van der Waals surface area contributed by atoms with Crippen molar-refractivity contribution in [2.45, 2.75) is 32.4 Å². The topological polar surface area (TPSA) is 81.4 Å². The van der Waals surface area contributed by atoms with Crippen molar-refractivity contribution in [3.63, 3.8) is 0 Å². The van der Waals surface area contributed by atoms with Gasteiger partial charge >= 0.3 is 0 Å². The Kier molecular flexibility index (Phi) is 6.33. The normalized spacial score (nSPS) is 16.0. The molecule has 0 spiro atoms. The van der Waals surface area contributed by atoms with Gasteiger partial charge in [-0.3, -0.25) is 4.90 Å². The van der Waals surface area contributed by atoms with Crippen LogP contribution in [-0.4, -0.2) is 70.5 Å². The molecule has 0 radical (unpaired) electrons. The number of aromatic nitrogens is 5. The lowest BCUT2D eigenvalue weighted by Gasteiger charge is -2.39. The lowest BCUT2D eigenvalue weighted by Crippen LogP contribution is -2.48. The molecule has 1 aliphatic heterocycles. The van der Waals surface area contributed by atoms with Crippen molar-refractivity contribution in [3.8, 4) is 11.5 Å². The molecule has 3 heterocycles. The van der Waals surface area contributed by atoms with E-state index in [9.17, 15) is 0 Å². The zero-order chi connectivity index (χ0) is 24.6. The zero-order valence-corrected chi connectivity index (χ0v) is 21.6. The minimum Gasteiger partial charge on any atom is -0.493 e. The second-order valence-electron chi connectivity index (χ2n) is 9.62. The highest BCUT2D eigenvalue weighted by Crippen LogP contribution is 2.37. The fraction of sp³-hybridized carbons (Fsp3) is 0.440. The molecule has 1 fully saturated rings. The lowest BCUT2D eigenvalue weighted by atomic mass is 10.0. The second kappa shape index (κ2) is 9.43. The number of piperazine rings is 1. The van der Waals surface area contributed by atoms with Crippen molar-refractivity contribution in [2.75, 3.05) is 45.3 Å². The number of thiazole rings is 1. The summed E-state index contributed by atoms with van der Waals surface area (Å²) in [6, 6.07) is 14.2. The van der Waals surface area contributed by atoms with Crippen molar-refractivity contribution < 1.29 is 9.47 Å². The summed E-state index contributed by atoms with van der Waals surface area (Å²) in [5.41, 5.74) is 1.87. The molecule has 4 aromatic rings. The van der Waals surface area contributed by atoms with Gasteiger partial charge in [-0.1, -0.05) is 29.5 Å². The molecule has 9 nitrogen and oxygen atoms in total. The Bertz CT molecular complexity index is 1270. The van der Waals surface area contributed by atoms with E-state index in [2.05, 4.69) is 70.4 Å².